The highest BCUT2D eigenvalue weighted by atomic mass is 19.4. The Morgan fingerprint density at radius 2 is 2.07 bits per heavy atom. The molecule has 88 valence electrons. The molecule has 3 nitrogen and oxygen atoms in total. The molecule has 1 fully saturated rings. The number of rotatable bonds is 3. The normalized spacial score (nSPS) is 27.7. The highest BCUT2D eigenvalue weighted by Crippen LogP contribution is 2.25. The predicted octanol–water partition coefficient (Wildman–Crippen LogP) is 1.78. The highest BCUT2D eigenvalue weighted by molar-refractivity contribution is 5.70. The molecule has 0 amide bonds. The van der Waals surface area contributed by atoms with E-state index in [9.17, 15) is 18.0 Å². The number of alkyl halides is 3. The van der Waals surface area contributed by atoms with E-state index < -0.39 is 24.6 Å². The van der Waals surface area contributed by atoms with E-state index in [1.165, 1.54) is 0 Å². The molecule has 0 spiro atoms. The molecule has 2 atom stereocenters. The first-order chi connectivity index (χ1) is 6.88. The summed E-state index contributed by atoms with van der Waals surface area (Å²) in [4.78, 5) is 10.7. The summed E-state index contributed by atoms with van der Waals surface area (Å²) in [5.41, 5.74) is 0. The molecule has 0 saturated heterocycles. The largest absolute Gasteiger partial charge is 0.481 e. The van der Waals surface area contributed by atoms with E-state index in [0.717, 1.165) is 0 Å². The zero-order valence-electron chi connectivity index (χ0n) is 8.18. The maximum atomic E-state index is 11.9. The molecule has 1 aliphatic rings. The van der Waals surface area contributed by atoms with Gasteiger partial charge in [0.1, 0.15) is 0 Å². The van der Waals surface area contributed by atoms with E-state index in [1.54, 1.807) is 0 Å². The standard InChI is InChI=1S/C9H14F3NO2/c10-9(11,12)5-13-7-3-1-2-6(4-7)8(14)15/h6-7,13H,1-5H2,(H,14,15). The molecule has 15 heavy (non-hydrogen) atoms. The SMILES string of the molecule is O=C(O)C1CCCC(NCC(F)(F)F)C1. The monoisotopic (exact) mass is 225 g/mol. The Morgan fingerprint density at radius 1 is 1.40 bits per heavy atom. The number of carboxylic acids is 1. The van der Waals surface area contributed by atoms with Crippen molar-refractivity contribution >= 4 is 5.97 Å². The Balaban J connectivity index is 2.34. The smallest absolute Gasteiger partial charge is 0.401 e. The molecule has 0 heterocycles. The van der Waals surface area contributed by atoms with Gasteiger partial charge in [0.05, 0.1) is 12.5 Å². The fraction of sp³-hybridized carbons (Fsp3) is 0.889. The Morgan fingerprint density at radius 3 is 2.60 bits per heavy atom. The summed E-state index contributed by atoms with van der Waals surface area (Å²) in [5, 5.41) is 11.1. The summed E-state index contributed by atoms with van der Waals surface area (Å²) in [5.74, 6) is -1.40. The van der Waals surface area contributed by atoms with E-state index in [4.69, 9.17) is 5.11 Å². The minimum atomic E-state index is -4.23. The van der Waals surface area contributed by atoms with Crippen LogP contribution in [0.1, 0.15) is 25.7 Å². The lowest BCUT2D eigenvalue weighted by Gasteiger charge is -2.27. The summed E-state index contributed by atoms with van der Waals surface area (Å²) in [7, 11) is 0. The van der Waals surface area contributed by atoms with Crippen molar-refractivity contribution in [3.05, 3.63) is 0 Å². The van der Waals surface area contributed by atoms with E-state index in [1.807, 2.05) is 0 Å². The third-order valence-corrected chi connectivity index (χ3v) is 2.61. The van der Waals surface area contributed by atoms with Gasteiger partial charge in [0.15, 0.2) is 0 Å². The van der Waals surface area contributed by atoms with Crippen LogP contribution in [-0.2, 0) is 4.79 Å². The predicted molar refractivity (Wildman–Crippen MR) is 47.4 cm³/mol. The van der Waals surface area contributed by atoms with Crippen molar-refractivity contribution in [2.24, 2.45) is 5.92 Å². The van der Waals surface area contributed by atoms with Crippen molar-refractivity contribution in [2.75, 3.05) is 6.54 Å². The molecule has 1 saturated carbocycles. The van der Waals surface area contributed by atoms with Crippen LogP contribution in [0.15, 0.2) is 0 Å². The van der Waals surface area contributed by atoms with Gasteiger partial charge < -0.3 is 10.4 Å². The van der Waals surface area contributed by atoms with Crippen LogP contribution in [0.4, 0.5) is 13.2 Å². The third-order valence-electron chi connectivity index (χ3n) is 2.61. The average Bonchev–Trinajstić information content (AvgIpc) is 2.14. The van der Waals surface area contributed by atoms with E-state index >= 15 is 0 Å². The van der Waals surface area contributed by atoms with Crippen LogP contribution in [0.3, 0.4) is 0 Å². The van der Waals surface area contributed by atoms with Gasteiger partial charge in [0.2, 0.25) is 0 Å². The lowest BCUT2D eigenvalue weighted by Crippen LogP contribution is -2.41. The van der Waals surface area contributed by atoms with Crippen molar-refractivity contribution in [3.8, 4) is 0 Å². The Hall–Kier alpha value is -0.780. The Labute approximate surface area is 85.7 Å². The van der Waals surface area contributed by atoms with Crippen LogP contribution in [-0.4, -0.2) is 29.8 Å². The zero-order chi connectivity index (χ0) is 11.5. The van der Waals surface area contributed by atoms with Crippen LogP contribution in [0.5, 0.6) is 0 Å². The van der Waals surface area contributed by atoms with Crippen LogP contribution in [0.2, 0.25) is 0 Å². The number of hydrogen-bond acceptors (Lipinski definition) is 2. The second-order valence-electron chi connectivity index (χ2n) is 3.89. The molecule has 1 aliphatic carbocycles. The number of carbonyl (C=O) groups is 1. The first kappa shape index (κ1) is 12.3. The molecule has 6 heteroatoms. The molecular formula is C9H14F3NO2. The lowest BCUT2D eigenvalue weighted by atomic mass is 9.86. The summed E-state index contributed by atoms with van der Waals surface area (Å²) < 4.78 is 35.7. The molecule has 0 aromatic heterocycles. The summed E-state index contributed by atoms with van der Waals surface area (Å²) in [6.45, 7) is -1.04. The quantitative estimate of drug-likeness (QED) is 0.769. The van der Waals surface area contributed by atoms with Gasteiger partial charge >= 0.3 is 12.1 Å². The molecule has 0 bridgehead atoms. The van der Waals surface area contributed by atoms with E-state index in [-0.39, 0.29) is 6.04 Å². The van der Waals surface area contributed by atoms with Gasteiger partial charge in [-0.3, -0.25) is 4.79 Å². The van der Waals surface area contributed by atoms with Gasteiger partial charge in [-0.1, -0.05) is 6.42 Å². The van der Waals surface area contributed by atoms with Gasteiger partial charge in [-0.2, -0.15) is 13.2 Å². The summed E-state index contributed by atoms with van der Waals surface area (Å²) in [6.07, 6.45) is -2.06. The fourth-order valence-corrected chi connectivity index (χ4v) is 1.86. The Kier molecular flexibility index (Phi) is 3.96. The maximum absolute atomic E-state index is 11.9. The maximum Gasteiger partial charge on any atom is 0.401 e. The lowest BCUT2D eigenvalue weighted by molar-refractivity contribution is -0.143. The van der Waals surface area contributed by atoms with Crippen molar-refractivity contribution in [1.29, 1.82) is 0 Å². The first-order valence-electron chi connectivity index (χ1n) is 4.91. The van der Waals surface area contributed by atoms with Gasteiger partial charge in [-0.25, -0.2) is 0 Å². The summed E-state index contributed by atoms with van der Waals surface area (Å²) in [6, 6.07) is -0.318. The molecule has 2 unspecified atom stereocenters. The molecule has 0 radical (unpaired) electrons. The minimum Gasteiger partial charge on any atom is -0.481 e. The molecule has 0 aromatic rings. The van der Waals surface area contributed by atoms with Crippen molar-refractivity contribution in [3.63, 3.8) is 0 Å². The van der Waals surface area contributed by atoms with Crippen LogP contribution in [0.25, 0.3) is 0 Å². The van der Waals surface area contributed by atoms with Crippen molar-refractivity contribution < 1.29 is 23.1 Å². The van der Waals surface area contributed by atoms with E-state index in [0.29, 0.717) is 25.7 Å². The van der Waals surface area contributed by atoms with Crippen molar-refractivity contribution in [2.45, 2.75) is 37.9 Å². The van der Waals surface area contributed by atoms with Gasteiger partial charge in [-0.05, 0) is 19.3 Å². The van der Waals surface area contributed by atoms with Gasteiger partial charge in [0, 0.05) is 6.04 Å². The van der Waals surface area contributed by atoms with Gasteiger partial charge in [0.25, 0.3) is 0 Å². The molecule has 2 N–H and O–H groups in total. The molecule has 1 rings (SSSR count). The number of carboxylic acid groups (broad SMARTS) is 1. The topological polar surface area (TPSA) is 49.3 Å². The number of nitrogens with one attached hydrogen (secondary N) is 1. The van der Waals surface area contributed by atoms with Crippen molar-refractivity contribution in [1.82, 2.24) is 5.32 Å². The first-order valence-corrected chi connectivity index (χ1v) is 4.91. The highest BCUT2D eigenvalue weighted by Gasteiger charge is 2.31. The summed E-state index contributed by atoms with van der Waals surface area (Å²) >= 11 is 0. The minimum absolute atomic E-state index is 0.297. The third kappa shape index (κ3) is 4.51. The Bertz CT molecular complexity index is 230. The molecular weight excluding hydrogens is 211 g/mol. The zero-order valence-corrected chi connectivity index (χ0v) is 8.18. The van der Waals surface area contributed by atoms with Gasteiger partial charge in [-0.15, -0.1) is 0 Å². The fourth-order valence-electron chi connectivity index (χ4n) is 1.86. The number of halogens is 3. The molecule has 0 aromatic carbocycles. The van der Waals surface area contributed by atoms with Crippen LogP contribution >= 0.6 is 0 Å². The number of hydrogen-bond donors (Lipinski definition) is 2. The van der Waals surface area contributed by atoms with E-state index in [2.05, 4.69) is 5.32 Å². The second kappa shape index (κ2) is 4.83. The average molecular weight is 225 g/mol. The van der Waals surface area contributed by atoms with Crippen LogP contribution < -0.4 is 5.32 Å². The number of aliphatic carboxylic acids is 1. The second-order valence-corrected chi connectivity index (χ2v) is 3.89. The molecule has 0 aliphatic heterocycles. The van der Waals surface area contributed by atoms with Crippen LogP contribution in [0, 0.1) is 5.92 Å².